The van der Waals surface area contributed by atoms with Crippen LogP contribution in [0.15, 0.2) is 11.4 Å². The Kier molecular flexibility index (Phi) is 5.80. The number of amides is 1. The van der Waals surface area contributed by atoms with Crippen LogP contribution in [0.25, 0.3) is 0 Å². The van der Waals surface area contributed by atoms with E-state index in [9.17, 15) is 4.79 Å². The van der Waals surface area contributed by atoms with Gasteiger partial charge < -0.3 is 10.0 Å². The van der Waals surface area contributed by atoms with Crippen molar-refractivity contribution in [2.45, 2.75) is 13.8 Å². The molecule has 1 N–H and O–H groups in total. The molecule has 114 valence electrons. The predicted octanol–water partition coefficient (Wildman–Crippen LogP) is 1.51. The summed E-state index contributed by atoms with van der Waals surface area (Å²) in [7, 11) is 0. The predicted molar refractivity (Wildman–Crippen MR) is 85.5 cm³/mol. The molecule has 0 unspecified atom stereocenters. The lowest BCUT2D eigenvalue weighted by atomic mass is 10.2. The van der Waals surface area contributed by atoms with E-state index in [0.29, 0.717) is 11.5 Å². The largest absolute Gasteiger partial charge is 0.384 e. The van der Waals surface area contributed by atoms with Gasteiger partial charge in [-0.05, 0) is 12.0 Å². The van der Waals surface area contributed by atoms with Gasteiger partial charge in [0, 0.05) is 38.1 Å². The molecule has 2 rings (SSSR count). The van der Waals surface area contributed by atoms with Crippen LogP contribution in [-0.2, 0) is 0 Å². The van der Waals surface area contributed by atoms with E-state index >= 15 is 0 Å². The molecule has 1 saturated heterocycles. The Hall–Kier alpha value is -1.35. The van der Waals surface area contributed by atoms with Gasteiger partial charge in [0.05, 0.1) is 10.4 Å². The van der Waals surface area contributed by atoms with Crippen LogP contribution in [0.1, 0.15) is 29.1 Å². The number of carbonyl (C=O) groups excluding carboxylic acids is 1. The standard InChI is InChI=1S/C16H22N2O2S/c1-13(2)11-17-5-7-18(8-6-17)16(20)14-10-15(21-12-14)4-3-9-19/h10,12-13,19H,5-9,11H2,1-2H3. The SMILES string of the molecule is CC(C)CN1CCN(C(=O)c2csc(C#CCO)c2)CC1. The molecule has 1 aromatic heterocycles. The zero-order valence-electron chi connectivity index (χ0n) is 12.6. The summed E-state index contributed by atoms with van der Waals surface area (Å²) in [6, 6.07) is 1.82. The van der Waals surface area contributed by atoms with Crippen LogP contribution in [0.3, 0.4) is 0 Å². The van der Waals surface area contributed by atoms with Gasteiger partial charge in [-0.25, -0.2) is 0 Å². The second kappa shape index (κ2) is 7.60. The highest BCUT2D eigenvalue weighted by molar-refractivity contribution is 7.10. The van der Waals surface area contributed by atoms with Crippen molar-refractivity contribution in [2.24, 2.45) is 5.92 Å². The minimum absolute atomic E-state index is 0.0903. The highest BCUT2D eigenvalue weighted by Crippen LogP contribution is 2.17. The maximum Gasteiger partial charge on any atom is 0.254 e. The second-order valence-electron chi connectivity index (χ2n) is 5.65. The summed E-state index contributed by atoms with van der Waals surface area (Å²) in [6.07, 6.45) is 0. The number of piperazine rings is 1. The average Bonchev–Trinajstić information content (AvgIpc) is 2.93. The number of hydrogen-bond acceptors (Lipinski definition) is 4. The molecule has 1 aliphatic heterocycles. The Morgan fingerprint density at radius 1 is 1.38 bits per heavy atom. The molecule has 1 amide bonds. The molecule has 1 fully saturated rings. The third-order valence-electron chi connectivity index (χ3n) is 3.42. The van der Waals surface area contributed by atoms with Crippen LogP contribution in [0, 0.1) is 17.8 Å². The van der Waals surface area contributed by atoms with E-state index in [-0.39, 0.29) is 12.5 Å². The highest BCUT2D eigenvalue weighted by Gasteiger charge is 2.22. The van der Waals surface area contributed by atoms with Crippen LogP contribution in [0.5, 0.6) is 0 Å². The number of aliphatic hydroxyl groups excluding tert-OH is 1. The fraction of sp³-hybridized carbons (Fsp3) is 0.562. The average molecular weight is 306 g/mol. The maximum absolute atomic E-state index is 12.4. The van der Waals surface area contributed by atoms with Crippen molar-refractivity contribution in [1.29, 1.82) is 0 Å². The number of aliphatic hydroxyl groups is 1. The molecular formula is C16H22N2O2S. The Morgan fingerprint density at radius 3 is 2.71 bits per heavy atom. The van der Waals surface area contributed by atoms with Crippen LogP contribution in [0.4, 0.5) is 0 Å². The molecule has 1 aliphatic rings. The van der Waals surface area contributed by atoms with Crippen molar-refractivity contribution in [1.82, 2.24) is 9.80 Å². The van der Waals surface area contributed by atoms with E-state index in [1.54, 1.807) is 0 Å². The number of rotatable bonds is 3. The van der Waals surface area contributed by atoms with Gasteiger partial charge in [-0.2, -0.15) is 0 Å². The summed E-state index contributed by atoms with van der Waals surface area (Å²) in [4.78, 5) is 17.6. The van der Waals surface area contributed by atoms with Crippen LogP contribution in [-0.4, -0.2) is 60.1 Å². The van der Waals surface area contributed by atoms with Crippen molar-refractivity contribution >= 4 is 17.2 Å². The summed E-state index contributed by atoms with van der Waals surface area (Å²) < 4.78 is 0. The highest BCUT2D eigenvalue weighted by atomic mass is 32.1. The molecule has 0 bridgehead atoms. The van der Waals surface area contributed by atoms with Crippen molar-refractivity contribution in [2.75, 3.05) is 39.3 Å². The Balaban J connectivity index is 1.91. The van der Waals surface area contributed by atoms with Crippen molar-refractivity contribution in [3.8, 4) is 11.8 Å². The van der Waals surface area contributed by atoms with E-state index in [4.69, 9.17) is 5.11 Å². The summed E-state index contributed by atoms with van der Waals surface area (Å²) in [5.41, 5.74) is 0.708. The molecule has 0 radical (unpaired) electrons. The fourth-order valence-electron chi connectivity index (χ4n) is 2.47. The van der Waals surface area contributed by atoms with Gasteiger partial charge in [-0.3, -0.25) is 9.69 Å². The normalized spacial score (nSPS) is 15.9. The van der Waals surface area contributed by atoms with Gasteiger partial charge >= 0.3 is 0 Å². The fourth-order valence-corrected chi connectivity index (χ4v) is 3.22. The molecule has 4 nitrogen and oxygen atoms in total. The first-order valence-electron chi connectivity index (χ1n) is 7.30. The zero-order valence-corrected chi connectivity index (χ0v) is 13.4. The minimum atomic E-state index is -0.154. The summed E-state index contributed by atoms with van der Waals surface area (Å²) in [6.45, 7) is 8.87. The van der Waals surface area contributed by atoms with Crippen LogP contribution < -0.4 is 0 Å². The molecule has 0 saturated carbocycles. The molecule has 2 heterocycles. The molecule has 0 aromatic carbocycles. The van der Waals surface area contributed by atoms with Gasteiger partial charge in [0.25, 0.3) is 5.91 Å². The van der Waals surface area contributed by atoms with E-state index < -0.39 is 0 Å². The molecular weight excluding hydrogens is 284 g/mol. The maximum atomic E-state index is 12.4. The Bertz CT molecular complexity index is 534. The first-order chi connectivity index (χ1) is 10.1. The molecule has 0 spiro atoms. The van der Waals surface area contributed by atoms with Crippen molar-refractivity contribution < 1.29 is 9.90 Å². The number of thiophene rings is 1. The first kappa shape index (κ1) is 16.0. The molecule has 21 heavy (non-hydrogen) atoms. The third-order valence-corrected chi connectivity index (χ3v) is 4.27. The summed E-state index contributed by atoms with van der Waals surface area (Å²) >= 11 is 1.45. The number of carbonyl (C=O) groups is 1. The minimum Gasteiger partial charge on any atom is -0.384 e. The smallest absolute Gasteiger partial charge is 0.254 e. The van der Waals surface area contributed by atoms with Crippen molar-refractivity contribution in [3.05, 3.63) is 21.9 Å². The van der Waals surface area contributed by atoms with Crippen LogP contribution in [0.2, 0.25) is 0 Å². The number of nitrogens with zero attached hydrogens (tertiary/aromatic N) is 2. The topological polar surface area (TPSA) is 43.8 Å². The first-order valence-corrected chi connectivity index (χ1v) is 8.18. The van der Waals surface area contributed by atoms with Gasteiger partial charge in [-0.1, -0.05) is 25.7 Å². The zero-order chi connectivity index (χ0) is 15.2. The molecule has 0 aliphatic carbocycles. The van der Waals surface area contributed by atoms with E-state index in [2.05, 4.69) is 30.6 Å². The van der Waals surface area contributed by atoms with E-state index in [0.717, 1.165) is 37.6 Å². The lowest BCUT2D eigenvalue weighted by molar-refractivity contribution is 0.0624. The van der Waals surface area contributed by atoms with E-state index in [1.165, 1.54) is 11.3 Å². The van der Waals surface area contributed by atoms with Crippen LogP contribution >= 0.6 is 11.3 Å². The summed E-state index contributed by atoms with van der Waals surface area (Å²) in [5, 5.41) is 10.5. The lowest BCUT2D eigenvalue weighted by Crippen LogP contribution is -2.49. The number of hydrogen-bond donors (Lipinski definition) is 1. The quantitative estimate of drug-likeness (QED) is 0.861. The molecule has 5 heteroatoms. The van der Waals surface area contributed by atoms with E-state index in [1.807, 2.05) is 16.3 Å². The van der Waals surface area contributed by atoms with Gasteiger partial charge in [-0.15, -0.1) is 11.3 Å². The van der Waals surface area contributed by atoms with Gasteiger partial charge in [0.1, 0.15) is 6.61 Å². The van der Waals surface area contributed by atoms with Gasteiger partial charge in [0.15, 0.2) is 0 Å². The molecule has 0 atom stereocenters. The Labute approximate surface area is 130 Å². The second-order valence-corrected chi connectivity index (χ2v) is 6.56. The lowest BCUT2D eigenvalue weighted by Gasteiger charge is -2.35. The van der Waals surface area contributed by atoms with Crippen molar-refractivity contribution in [3.63, 3.8) is 0 Å². The molecule has 1 aromatic rings. The third kappa shape index (κ3) is 4.57. The van der Waals surface area contributed by atoms with Gasteiger partial charge in [0.2, 0.25) is 0 Å². The summed E-state index contributed by atoms with van der Waals surface area (Å²) in [5.74, 6) is 6.20. The Morgan fingerprint density at radius 2 is 2.10 bits per heavy atom. The monoisotopic (exact) mass is 306 g/mol.